The standard InChI is InChI=1S/C20H25N3/c1-3-22(4-2)13-14-23-12-11-16-19(23)10-9-18-20(16)15-7-5-6-8-17(15)21-18/h5-6,8-10H,3-4,7,11-14H2,1-2H3. The van der Waals surface area contributed by atoms with Gasteiger partial charge in [-0.15, -0.1) is 0 Å². The van der Waals surface area contributed by atoms with Gasteiger partial charge < -0.3 is 9.80 Å². The molecule has 3 nitrogen and oxygen atoms in total. The van der Waals surface area contributed by atoms with Gasteiger partial charge in [-0.05, 0) is 55.3 Å². The Kier molecular flexibility index (Phi) is 3.82. The first-order chi connectivity index (χ1) is 11.3. The highest BCUT2D eigenvalue weighted by Gasteiger charge is 2.24. The first kappa shape index (κ1) is 14.7. The van der Waals surface area contributed by atoms with Crippen molar-refractivity contribution in [3.8, 4) is 0 Å². The highest BCUT2D eigenvalue weighted by Crippen LogP contribution is 2.28. The lowest BCUT2D eigenvalue weighted by Gasteiger charge is -2.24. The average molecular weight is 307 g/mol. The van der Waals surface area contributed by atoms with Crippen LogP contribution in [0.1, 0.15) is 25.8 Å². The molecule has 2 aliphatic heterocycles. The molecule has 120 valence electrons. The van der Waals surface area contributed by atoms with E-state index in [9.17, 15) is 0 Å². The molecule has 23 heavy (non-hydrogen) atoms. The Balaban J connectivity index is 1.68. The fourth-order valence-corrected chi connectivity index (χ4v) is 4.02. The van der Waals surface area contributed by atoms with Crippen LogP contribution >= 0.6 is 0 Å². The molecule has 1 aromatic rings. The molecule has 0 fully saturated rings. The van der Waals surface area contributed by atoms with E-state index in [1.54, 1.807) is 0 Å². The van der Waals surface area contributed by atoms with Crippen LogP contribution in [-0.4, -0.2) is 37.6 Å². The number of rotatable bonds is 5. The SMILES string of the molecule is CCN(CC)CCN1CCc2c1ccc1c2=C2CC=CC=C2N=1. The second-order valence-corrected chi connectivity index (χ2v) is 6.50. The Bertz CT molecular complexity index is 797. The molecule has 1 aliphatic carbocycles. The lowest BCUT2D eigenvalue weighted by atomic mass is 9.99. The van der Waals surface area contributed by atoms with Crippen LogP contribution in [0.5, 0.6) is 0 Å². The van der Waals surface area contributed by atoms with E-state index in [4.69, 9.17) is 4.99 Å². The van der Waals surface area contributed by atoms with Crippen LogP contribution < -0.4 is 15.5 Å². The van der Waals surface area contributed by atoms with Gasteiger partial charge in [0, 0.05) is 30.5 Å². The third-order valence-corrected chi connectivity index (χ3v) is 5.38. The molecule has 0 saturated carbocycles. The predicted molar refractivity (Wildman–Crippen MR) is 96.2 cm³/mol. The summed E-state index contributed by atoms with van der Waals surface area (Å²) in [7, 11) is 0. The van der Waals surface area contributed by atoms with Gasteiger partial charge in [0.1, 0.15) is 0 Å². The Morgan fingerprint density at radius 1 is 1.22 bits per heavy atom. The number of allylic oxidation sites excluding steroid dienone is 4. The summed E-state index contributed by atoms with van der Waals surface area (Å²) in [5, 5.41) is 2.61. The summed E-state index contributed by atoms with van der Waals surface area (Å²) < 4.78 is 0. The Labute approximate surface area is 138 Å². The summed E-state index contributed by atoms with van der Waals surface area (Å²) in [6.07, 6.45) is 8.71. The zero-order chi connectivity index (χ0) is 15.8. The van der Waals surface area contributed by atoms with Gasteiger partial charge in [0.05, 0.1) is 11.1 Å². The number of likely N-dealkylation sites (N-methyl/N-ethyl adjacent to an activating group) is 1. The van der Waals surface area contributed by atoms with E-state index < -0.39 is 0 Å². The average Bonchev–Trinajstić information content (AvgIpc) is 3.16. The van der Waals surface area contributed by atoms with Gasteiger partial charge in [-0.25, -0.2) is 4.99 Å². The largest absolute Gasteiger partial charge is 0.370 e. The molecule has 4 rings (SSSR count). The molecule has 0 N–H and O–H groups in total. The third-order valence-electron chi connectivity index (χ3n) is 5.38. The van der Waals surface area contributed by atoms with Gasteiger partial charge in [0.15, 0.2) is 0 Å². The minimum Gasteiger partial charge on any atom is -0.370 e. The molecule has 3 aliphatic rings. The molecular formula is C20H25N3. The van der Waals surface area contributed by atoms with Gasteiger partial charge in [0.2, 0.25) is 0 Å². The van der Waals surface area contributed by atoms with Gasteiger partial charge in [-0.2, -0.15) is 0 Å². The van der Waals surface area contributed by atoms with Crippen molar-refractivity contribution in [3.63, 3.8) is 0 Å². The highest BCUT2D eigenvalue weighted by atomic mass is 15.2. The molecular weight excluding hydrogens is 282 g/mol. The van der Waals surface area contributed by atoms with Gasteiger partial charge in [-0.3, -0.25) is 0 Å². The van der Waals surface area contributed by atoms with Crippen LogP contribution in [0.15, 0.2) is 41.1 Å². The fourth-order valence-electron chi connectivity index (χ4n) is 4.02. The van der Waals surface area contributed by atoms with E-state index in [2.05, 4.69) is 54.0 Å². The molecule has 0 aromatic heterocycles. The second-order valence-electron chi connectivity index (χ2n) is 6.50. The van der Waals surface area contributed by atoms with Crippen molar-refractivity contribution in [2.24, 2.45) is 4.99 Å². The van der Waals surface area contributed by atoms with Crippen molar-refractivity contribution in [2.45, 2.75) is 26.7 Å². The quantitative estimate of drug-likeness (QED) is 0.829. The van der Waals surface area contributed by atoms with Crippen LogP contribution in [0.25, 0.3) is 5.57 Å². The predicted octanol–water partition coefficient (Wildman–Crippen LogP) is 2.02. The van der Waals surface area contributed by atoms with Gasteiger partial charge in [-0.1, -0.05) is 26.0 Å². The normalized spacial score (nSPS) is 18.0. The van der Waals surface area contributed by atoms with Crippen LogP contribution in [0.2, 0.25) is 0 Å². The van der Waals surface area contributed by atoms with Crippen molar-refractivity contribution in [3.05, 3.63) is 52.2 Å². The van der Waals surface area contributed by atoms with Crippen LogP contribution in [0.3, 0.4) is 0 Å². The molecule has 2 heterocycles. The van der Waals surface area contributed by atoms with E-state index in [-0.39, 0.29) is 0 Å². The molecule has 0 spiro atoms. The van der Waals surface area contributed by atoms with E-state index in [0.717, 1.165) is 45.6 Å². The van der Waals surface area contributed by atoms with Crippen LogP contribution in [-0.2, 0) is 6.42 Å². The summed E-state index contributed by atoms with van der Waals surface area (Å²) in [5.41, 5.74) is 5.58. The Hall–Kier alpha value is -1.87. The van der Waals surface area contributed by atoms with Crippen molar-refractivity contribution in [1.82, 2.24) is 4.90 Å². The summed E-state index contributed by atoms with van der Waals surface area (Å²) >= 11 is 0. The van der Waals surface area contributed by atoms with Crippen LogP contribution in [0, 0.1) is 0 Å². The topological polar surface area (TPSA) is 18.8 Å². The second kappa shape index (κ2) is 5.97. The molecule has 0 atom stereocenters. The van der Waals surface area contributed by atoms with Crippen LogP contribution in [0.4, 0.5) is 5.69 Å². The zero-order valence-electron chi connectivity index (χ0n) is 14.2. The van der Waals surface area contributed by atoms with Crippen molar-refractivity contribution in [2.75, 3.05) is 37.6 Å². The Morgan fingerprint density at radius 2 is 2.09 bits per heavy atom. The molecule has 0 saturated heterocycles. The van der Waals surface area contributed by atoms with E-state index in [1.165, 1.54) is 33.1 Å². The summed E-state index contributed by atoms with van der Waals surface area (Å²) in [6, 6.07) is 4.51. The molecule has 0 amide bonds. The van der Waals surface area contributed by atoms with Crippen molar-refractivity contribution in [1.29, 1.82) is 0 Å². The van der Waals surface area contributed by atoms with Crippen molar-refractivity contribution >= 4 is 11.3 Å². The number of anilines is 1. The Morgan fingerprint density at radius 3 is 2.91 bits per heavy atom. The first-order valence-electron chi connectivity index (χ1n) is 8.90. The molecule has 3 heteroatoms. The maximum atomic E-state index is 4.82. The maximum absolute atomic E-state index is 4.82. The fraction of sp³-hybridized carbons (Fsp3) is 0.450. The summed E-state index contributed by atoms with van der Waals surface area (Å²) in [5.74, 6) is 0. The van der Waals surface area contributed by atoms with Crippen molar-refractivity contribution < 1.29 is 0 Å². The molecule has 1 aromatic carbocycles. The number of hydrogen-bond acceptors (Lipinski definition) is 3. The summed E-state index contributed by atoms with van der Waals surface area (Å²) in [6.45, 7) is 10.2. The van der Waals surface area contributed by atoms with Gasteiger partial charge >= 0.3 is 0 Å². The number of benzene rings is 1. The number of fused-ring (bicyclic) bond motifs is 4. The number of nitrogens with zero attached hydrogens (tertiary/aromatic N) is 3. The molecule has 0 bridgehead atoms. The lowest BCUT2D eigenvalue weighted by Crippen LogP contribution is -2.34. The van der Waals surface area contributed by atoms with E-state index in [0.29, 0.717) is 0 Å². The molecule has 0 unspecified atom stereocenters. The monoisotopic (exact) mass is 307 g/mol. The first-order valence-corrected chi connectivity index (χ1v) is 8.90. The molecule has 0 radical (unpaired) electrons. The van der Waals surface area contributed by atoms with Gasteiger partial charge in [0.25, 0.3) is 0 Å². The van der Waals surface area contributed by atoms with E-state index >= 15 is 0 Å². The zero-order valence-corrected chi connectivity index (χ0v) is 14.2. The highest BCUT2D eigenvalue weighted by molar-refractivity contribution is 5.73. The lowest BCUT2D eigenvalue weighted by molar-refractivity contribution is 0.310. The summed E-state index contributed by atoms with van der Waals surface area (Å²) in [4.78, 5) is 9.89. The minimum atomic E-state index is 1.03. The third kappa shape index (κ3) is 2.43. The van der Waals surface area contributed by atoms with E-state index in [1.807, 2.05) is 0 Å². The smallest absolute Gasteiger partial charge is 0.0717 e. The minimum absolute atomic E-state index is 1.03. The maximum Gasteiger partial charge on any atom is 0.0717 e. The number of hydrogen-bond donors (Lipinski definition) is 0.